The van der Waals surface area contributed by atoms with E-state index >= 15 is 0 Å². The molecule has 0 saturated carbocycles. The summed E-state index contributed by atoms with van der Waals surface area (Å²) in [7, 11) is 0. The van der Waals surface area contributed by atoms with E-state index in [4.69, 9.17) is 26.2 Å². The summed E-state index contributed by atoms with van der Waals surface area (Å²) in [4.78, 5) is 22.3. The Bertz CT molecular complexity index is 528. The molecule has 0 spiro atoms. The second-order valence-electron chi connectivity index (χ2n) is 4.71. The molecule has 1 amide bonds. The van der Waals surface area contributed by atoms with Gasteiger partial charge in [0.2, 0.25) is 5.91 Å². The number of halogens is 1. The highest BCUT2D eigenvalue weighted by molar-refractivity contribution is 6.32. The summed E-state index contributed by atoms with van der Waals surface area (Å²) in [6.45, 7) is 0.240. The van der Waals surface area contributed by atoms with Crippen LogP contribution in [0.1, 0.15) is 19.3 Å². The number of carbonyl (C=O) groups excluding carboxylic acids is 1. The maximum Gasteiger partial charge on any atom is 0.341 e. The monoisotopic (exact) mass is 313 g/mol. The van der Waals surface area contributed by atoms with Crippen LogP contribution in [-0.2, 0) is 14.3 Å². The number of carboxylic acids is 1. The standard InChI is InChI=1S/C14H16ClNO5/c15-11-6-9(3-4-12(11)21-8-14(18)19)16-13(17)7-10-2-1-5-20-10/h3-4,6,10H,1-2,5,7-8H2,(H,16,17)(H,18,19). The molecule has 7 heteroatoms. The Morgan fingerprint density at radius 3 is 2.90 bits per heavy atom. The number of amides is 1. The van der Waals surface area contributed by atoms with Crippen molar-refractivity contribution < 1.29 is 24.2 Å². The Morgan fingerprint density at radius 1 is 1.48 bits per heavy atom. The molecule has 1 aliphatic heterocycles. The van der Waals surface area contributed by atoms with Gasteiger partial charge in [-0.1, -0.05) is 11.6 Å². The molecule has 0 radical (unpaired) electrons. The van der Waals surface area contributed by atoms with E-state index in [1.54, 1.807) is 6.07 Å². The second-order valence-corrected chi connectivity index (χ2v) is 5.12. The molecule has 6 nitrogen and oxygen atoms in total. The van der Waals surface area contributed by atoms with Gasteiger partial charge in [0.05, 0.1) is 17.5 Å². The fourth-order valence-corrected chi connectivity index (χ4v) is 2.29. The van der Waals surface area contributed by atoms with Crippen molar-refractivity contribution in [2.75, 3.05) is 18.5 Å². The quantitative estimate of drug-likeness (QED) is 0.842. The number of hydrogen-bond acceptors (Lipinski definition) is 4. The number of carbonyl (C=O) groups is 2. The normalized spacial score (nSPS) is 17.5. The first-order chi connectivity index (χ1) is 10.0. The third-order valence-corrected chi connectivity index (χ3v) is 3.30. The van der Waals surface area contributed by atoms with Crippen LogP contribution in [-0.4, -0.2) is 36.3 Å². The minimum Gasteiger partial charge on any atom is -0.480 e. The Morgan fingerprint density at radius 2 is 2.29 bits per heavy atom. The average molecular weight is 314 g/mol. The van der Waals surface area contributed by atoms with Crippen molar-refractivity contribution >= 4 is 29.2 Å². The van der Waals surface area contributed by atoms with Gasteiger partial charge in [-0.2, -0.15) is 0 Å². The van der Waals surface area contributed by atoms with Crippen LogP contribution < -0.4 is 10.1 Å². The molecule has 114 valence electrons. The third kappa shape index (κ3) is 4.91. The topological polar surface area (TPSA) is 84.9 Å². The molecule has 21 heavy (non-hydrogen) atoms. The summed E-state index contributed by atoms with van der Waals surface area (Å²) >= 11 is 5.97. The van der Waals surface area contributed by atoms with Gasteiger partial charge in [0.1, 0.15) is 5.75 Å². The minimum atomic E-state index is -1.08. The molecule has 2 rings (SSSR count). The van der Waals surface area contributed by atoms with Gasteiger partial charge in [0.15, 0.2) is 6.61 Å². The van der Waals surface area contributed by atoms with Crippen LogP contribution in [0.2, 0.25) is 5.02 Å². The Labute approximate surface area is 127 Å². The fraction of sp³-hybridized carbons (Fsp3) is 0.429. The van der Waals surface area contributed by atoms with Crippen molar-refractivity contribution in [1.82, 2.24) is 0 Å². The van der Waals surface area contributed by atoms with Crippen molar-refractivity contribution in [3.05, 3.63) is 23.2 Å². The molecule has 1 saturated heterocycles. The van der Waals surface area contributed by atoms with Gasteiger partial charge in [0.25, 0.3) is 0 Å². The molecule has 2 N–H and O–H groups in total. The first-order valence-electron chi connectivity index (χ1n) is 6.60. The number of aliphatic carboxylic acids is 1. The van der Waals surface area contributed by atoms with Crippen LogP contribution in [0.25, 0.3) is 0 Å². The molecule has 1 fully saturated rings. The maximum atomic E-state index is 11.8. The number of anilines is 1. The zero-order valence-corrected chi connectivity index (χ0v) is 12.1. The van der Waals surface area contributed by atoms with Gasteiger partial charge in [-0.3, -0.25) is 4.79 Å². The van der Waals surface area contributed by atoms with Crippen LogP contribution in [0.5, 0.6) is 5.75 Å². The van der Waals surface area contributed by atoms with Gasteiger partial charge in [0, 0.05) is 12.3 Å². The van der Waals surface area contributed by atoms with E-state index in [0.29, 0.717) is 18.7 Å². The SMILES string of the molecule is O=C(O)COc1ccc(NC(=O)CC2CCCO2)cc1Cl. The summed E-state index contributed by atoms with van der Waals surface area (Å²) in [5.41, 5.74) is 0.533. The lowest BCUT2D eigenvalue weighted by molar-refractivity contribution is -0.139. The van der Waals surface area contributed by atoms with Crippen LogP contribution in [0.15, 0.2) is 18.2 Å². The second kappa shape index (κ2) is 7.28. The summed E-state index contributed by atoms with van der Waals surface area (Å²) in [6, 6.07) is 4.65. The average Bonchev–Trinajstić information content (AvgIpc) is 2.90. The van der Waals surface area contributed by atoms with Gasteiger partial charge in [-0.05, 0) is 31.0 Å². The molecule has 0 aliphatic carbocycles. The molecule has 1 atom stereocenters. The highest BCUT2D eigenvalue weighted by atomic mass is 35.5. The van der Waals surface area contributed by atoms with Gasteiger partial charge in [-0.15, -0.1) is 0 Å². The van der Waals surface area contributed by atoms with E-state index in [2.05, 4.69) is 5.32 Å². The lowest BCUT2D eigenvalue weighted by Crippen LogP contribution is -2.19. The predicted octanol–water partition coefficient (Wildman–Crippen LogP) is 2.31. The van der Waals surface area contributed by atoms with E-state index in [1.165, 1.54) is 12.1 Å². The minimum absolute atomic E-state index is 0.0151. The van der Waals surface area contributed by atoms with Crippen molar-refractivity contribution in [1.29, 1.82) is 0 Å². The maximum absolute atomic E-state index is 11.8. The number of benzene rings is 1. The largest absolute Gasteiger partial charge is 0.480 e. The summed E-state index contributed by atoms with van der Waals surface area (Å²) < 4.78 is 10.4. The van der Waals surface area contributed by atoms with E-state index in [-0.39, 0.29) is 22.8 Å². The lowest BCUT2D eigenvalue weighted by Gasteiger charge is -2.11. The zero-order valence-electron chi connectivity index (χ0n) is 11.3. The third-order valence-electron chi connectivity index (χ3n) is 3.00. The smallest absolute Gasteiger partial charge is 0.341 e. The van der Waals surface area contributed by atoms with Crippen LogP contribution in [0.4, 0.5) is 5.69 Å². The summed E-state index contributed by atoms with van der Waals surface area (Å²) in [5.74, 6) is -0.964. The van der Waals surface area contributed by atoms with Gasteiger partial charge < -0.3 is 19.9 Å². The molecule has 1 aliphatic rings. The molecular weight excluding hydrogens is 298 g/mol. The highest BCUT2D eigenvalue weighted by Crippen LogP contribution is 2.28. The van der Waals surface area contributed by atoms with Crippen LogP contribution in [0.3, 0.4) is 0 Å². The zero-order chi connectivity index (χ0) is 15.2. The Hall–Kier alpha value is -1.79. The Balaban J connectivity index is 1.89. The lowest BCUT2D eigenvalue weighted by atomic mass is 10.2. The number of carboxylic acid groups (broad SMARTS) is 1. The number of nitrogens with one attached hydrogen (secondary N) is 1. The molecule has 1 aromatic carbocycles. The number of rotatable bonds is 6. The van der Waals surface area contributed by atoms with E-state index in [9.17, 15) is 9.59 Å². The van der Waals surface area contributed by atoms with E-state index in [0.717, 1.165) is 12.8 Å². The summed E-state index contributed by atoms with van der Waals surface area (Å²) in [6.07, 6.45) is 2.18. The van der Waals surface area contributed by atoms with Gasteiger partial charge in [-0.25, -0.2) is 4.79 Å². The first kappa shape index (κ1) is 15.6. The number of ether oxygens (including phenoxy) is 2. The van der Waals surface area contributed by atoms with Crippen molar-refractivity contribution in [2.24, 2.45) is 0 Å². The van der Waals surface area contributed by atoms with Crippen molar-refractivity contribution in [3.63, 3.8) is 0 Å². The Kier molecular flexibility index (Phi) is 5.41. The highest BCUT2D eigenvalue weighted by Gasteiger charge is 2.19. The molecule has 1 heterocycles. The van der Waals surface area contributed by atoms with Crippen molar-refractivity contribution in [3.8, 4) is 5.75 Å². The molecule has 0 aromatic heterocycles. The van der Waals surface area contributed by atoms with E-state index < -0.39 is 12.6 Å². The summed E-state index contributed by atoms with van der Waals surface area (Å²) in [5, 5.41) is 11.5. The fourth-order valence-electron chi connectivity index (χ4n) is 2.06. The van der Waals surface area contributed by atoms with Gasteiger partial charge >= 0.3 is 5.97 Å². The van der Waals surface area contributed by atoms with Crippen LogP contribution in [0, 0.1) is 0 Å². The molecular formula is C14H16ClNO5. The van der Waals surface area contributed by atoms with E-state index in [1.807, 2.05) is 0 Å². The molecule has 1 unspecified atom stereocenters. The van der Waals surface area contributed by atoms with Crippen LogP contribution >= 0.6 is 11.6 Å². The first-order valence-corrected chi connectivity index (χ1v) is 6.98. The molecule has 1 aromatic rings. The van der Waals surface area contributed by atoms with Crippen molar-refractivity contribution in [2.45, 2.75) is 25.4 Å². The number of hydrogen-bond donors (Lipinski definition) is 2. The predicted molar refractivity (Wildman–Crippen MR) is 76.8 cm³/mol. The molecule has 0 bridgehead atoms.